The van der Waals surface area contributed by atoms with Gasteiger partial charge in [0.25, 0.3) is 0 Å². The van der Waals surface area contributed by atoms with Crippen molar-refractivity contribution in [3.05, 3.63) is 0 Å². The van der Waals surface area contributed by atoms with Gasteiger partial charge in [0.05, 0.1) is 30.9 Å². The van der Waals surface area contributed by atoms with Gasteiger partial charge >= 0.3 is 5.97 Å². The van der Waals surface area contributed by atoms with E-state index in [0.717, 1.165) is 4.31 Å². The molecular formula is C11H20N2O6S. The lowest BCUT2D eigenvalue weighted by Gasteiger charge is -2.29. The van der Waals surface area contributed by atoms with Crippen LogP contribution in [-0.4, -0.2) is 67.8 Å². The monoisotopic (exact) mass is 308 g/mol. The molecule has 1 heterocycles. The number of ether oxygens (including phenoxy) is 1. The average Bonchev–Trinajstić information content (AvgIpc) is 2.56. The maximum Gasteiger partial charge on any atom is 0.305 e. The van der Waals surface area contributed by atoms with Crippen molar-refractivity contribution in [3.8, 4) is 0 Å². The molecule has 0 radical (unpaired) electrons. The minimum absolute atomic E-state index is 0.0256. The van der Waals surface area contributed by atoms with Crippen molar-refractivity contribution in [2.45, 2.75) is 25.3 Å². The first-order chi connectivity index (χ1) is 9.18. The van der Waals surface area contributed by atoms with Crippen LogP contribution in [0.4, 0.5) is 0 Å². The molecule has 1 aliphatic heterocycles. The van der Waals surface area contributed by atoms with Gasteiger partial charge in [-0.15, -0.1) is 0 Å². The van der Waals surface area contributed by atoms with Crippen molar-refractivity contribution in [1.29, 1.82) is 0 Å². The molecule has 1 amide bonds. The first-order valence-corrected chi connectivity index (χ1v) is 7.79. The van der Waals surface area contributed by atoms with E-state index in [9.17, 15) is 18.0 Å². The molecule has 0 bridgehead atoms. The summed E-state index contributed by atoms with van der Waals surface area (Å²) in [6, 6.07) is 0. The molecule has 8 nitrogen and oxygen atoms in total. The number of carboxylic acid groups (broad SMARTS) is 1. The van der Waals surface area contributed by atoms with Gasteiger partial charge in [-0.1, -0.05) is 0 Å². The fourth-order valence-electron chi connectivity index (χ4n) is 2.19. The minimum Gasteiger partial charge on any atom is -0.481 e. The van der Waals surface area contributed by atoms with E-state index in [1.165, 1.54) is 7.11 Å². The molecule has 0 aromatic heterocycles. The number of nitrogens with zero attached hydrogens (tertiary/aromatic N) is 1. The number of carbonyl (C=O) groups is 2. The molecule has 0 aliphatic carbocycles. The molecule has 1 unspecified atom stereocenters. The topological polar surface area (TPSA) is 113 Å². The Kier molecular flexibility index (Phi) is 5.49. The highest BCUT2D eigenvalue weighted by Gasteiger charge is 2.33. The van der Waals surface area contributed by atoms with Gasteiger partial charge in [0.2, 0.25) is 15.9 Å². The van der Waals surface area contributed by atoms with Crippen LogP contribution in [0.3, 0.4) is 0 Å². The minimum atomic E-state index is -3.35. The summed E-state index contributed by atoms with van der Waals surface area (Å²) in [5, 5.41) is 11.4. The summed E-state index contributed by atoms with van der Waals surface area (Å²) in [7, 11) is -1.95. The standard InChI is InChI=1S/C11H20N2O6S/c1-11(8-19-2,6-10(15)16)12-9(14)7-13-4-3-5-20(13,17)18/h3-8H2,1-2H3,(H,12,14)(H,15,16). The average molecular weight is 308 g/mol. The summed E-state index contributed by atoms with van der Waals surface area (Å²) < 4.78 is 29.2. The van der Waals surface area contributed by atoms with Crippen LogP contribution in [0.2, 0.25) is 0 Å². The Morgan fingerprint density at radius 1 is 1.45 bits per heavy atom. The fraction of sp³-hybridized carbons (Fsp3) is 0.818. The van der Waals surface area contributed by atoms with Crippen molar-refractivity contribution < 1.29 is 27.9 Å². The van der Waals surface area contributed by atoms with Gasteiger partial charge in [-0.2, -0.15) is 4.31 Å². The molecule has 0 aromatic carbocycles. The largest absolute Gasteiger partial charge is 0.481 e. The lowest BCUT2D eigenvalue weighted by Crippen LogP contribution is -2.53. The number of hydrogen-bond acceptors (Lipinski definition) is 5. The Labute approximate surface area is 118 Å². The van der Waals surface area contributed by atoms with Crippen molar-refractivity contribution in [2.24, 2.45) is 0 Å². The maximum absolute atomic E-state index is 11.9. The van der Waals surface area contributed by atoms with Crippen LogP contribution >= 0.6 is 0 Å². The first kappa shape index (κ1) is 16.9. The van der Waals surface area contributed by atoms with Crippen LogP contribution in [0, 0.1) is 0 Å². The van der Waals surface area contributed by atoms with Gasteiger partial charge in [0.15, 0.2) is 0 Å². The summed E-state index contributed by atoms with van der Waals surface area (Å²) in [4.78, 5) is 22.7. The molecule has 116 valence electrons. The van der Waals surface area contributed by atoms with Crippen LogP contribution in [0.25, 0.3) is 0 Å². The van der Waals surface area contributed by atoms with Crippen LogP contribution in [0.15, 0.2) is 0 Å². The van der Waals surface area contributed by atoms with E-state index in [2.05, 4.69) is 5.32 Å². The molecule has 0 saturated carbocycles. The number of carbonyl (C=O) groups excluding carboxylic acids is 1. The van der Waals surface area contributed by atoms with Crippen molar-refractivity contribution in [1.82, 2.24) is 9.62 Å². The Balaban J connectivity index is 2.65. The molecule has 0 aromatic rings. The number of hydrogen-bond donors (Lipinski definition) is 2. The van der Waals surface area contributed by atoms with Crippen LogP contribution in [0.1, 0.15) is 19.8 Å². The molecular weight excluding hydrogens is 288 g/mol. The maximum atomic E-state index is 11.9. The van der Waals surface area contributed by atoms with Gasteiger partial charge in [-0.05, 0) is 13.3 Å². The van der Waals surface area contributed by atoms with E-state index in [0.29, 0.717) is 13.0 Å². The predicted molar refractivity (Wildman–Crippen MR) is 70.7 cm³/mol. The van der Waals surface area contributed by atoms with Gasteiger partial charge in [0.1, 0.15) is 0 Å². The van der Waals surface area contributed by atoms with Crippen LogP contribution in [0.5, 0.6) is 0 Å². The second-order valence-electron chi connectivity index (χ2n) is 5.12. The number of rotatable bonds is 7. The molecule has 1 fully saturated rings. The Bertz CT molecular complexity index is 477. The van der Waals surface area contributed by atoms with Crippen LogP contribution in [-0.2, 0) is 24.3 Å². The number of nitrogens with one attached hydrogen (secondary N) is 1. The highest BCUT2D eigenvalue weighted by atomic mass is 32.2. The number of carboxylic acids is 1. The predicted octanol–water partition coefficient (Wildman–Crippen LogP) is -0.982. The second kappa shape index (κ2) is 6.51. The molecule has 1 saturated heterocycles. The number of amides is 1. The van der Waals surface area contributed by atoms with E-state index in [1.54, 1.807) is 6.92 Å². The number of aliphatic carboxylic acids is 1. The third-order valence-corrected chi connectivity index (χ3v) is 4.87. The lowest BCUT2D eigenvalue weighted by molar-refractivity contribution is -0.139. The summed E-state index contributed by atoms with van der Waals surface area (Å²) in [6.07, 6.45) is 0.194. The van der Waals surface area contributed by atoms with E-state index in [1.807, 2.05) is 0 Å². The summed E-state index contributed by atoms with van der Waals surface area (Å²) in [5.74, 6) is -1.56. The molecule has 1 aliphatic rings. The Morgan fingerprint density at radius 3 is 2.55 bits per heavy atom. The quantitative estimate of drug-likeness (QED) is 0.625. The summed E-state index contributed by atoms with van der Waals surface area (Å²) in [5.41, 5.74) is -1.07. The molecule has 20 heavy (non-hydrogen) atoms. The third kappa shape index (κ3) is 4.73. The van der Waals surface area contributed by atoms with Gasteiger partial charge in [0, 0.05) is 13.7 Å². The lowest BCUT2D eigenvalue weighted by atomic mass is 9.99. The normalized spacial score (nSPS) is 21.3. The van der Waals surface area contributed by atoms with Crippen molar-refractivity contribution >= 4 is 21.9 Å². The van der Waals surface area contributed by atoms with E-state index in [4.69, 9.17) is 9.84 Å². The zero-order valence-corrected chi connectivity index (χ0v) is 12.4. The van der Waals surface area contributed by atoms with Gasteiger partial charge < -0.3 is 15.2 Å². The van der Waals surface area contributed by atoms with Crippen molar-refractivity contribution in [2.75, 3.05) is 32.6 Å². The van der Waals surface area contributed by atoms with E-state index in [-0.39, 0.29) is 25.3 Å². The van der Waals surface area contributed by atoms with Gasteiger partial charge in [-0.25, -0.2) is 8.42 Å². The van der Waals surface area contributed by atoms with E-state index >= 15 is 0 Å². The highest BCUT2D eigenvalue weighted by Crippen LogP contribution is 2.14. The smallest absolute Gasteiger partial charge is 0.305 e. The molecule has 1 rings (SSSR count). The first-order valence-electron chi connectivity index (χ1n) is 6.18. The fourth-order valence-corrected chi connectivity index (χ4v) is 3.66. The number of methoxy groups -OCH3 is 1. The van der Waals surface area contributed by atoms with Gasteiger partial charge in [-0.3, -0.25) is 9.59 Å². The molecule has 2 N–H and O–H groups in total. The highest BCUT2D eigenvalue weighted by molar-refractivity contribution is 7.89. The van der Waals surface area contributed by atoms with E-state index < -0.39 is 27.4 Å². The SMILES string of the molecule is COCC(C)(CC(=O)O)NC(=O)CN1CCCS1(=O)=O. The Morgan fingerprint density at radius 2 is 2.10 bits per heavy atom. The third-order valence-electron chi connectivity index (χ3n) is 2.97. The number of sulfonamides is 1. The van der Waals surface area contributed by atoms with Crippen LogP contribution < -0.4 is 5.32 Å². The molecule has 1 atom stereocenters. The molecule has 9 heteroatoms. The molecule has 0 spiro atoms. The second-order valence-corrected chi connectivity index (χ2v) is 7.20. The zero-order chi connectivity index (χ0) is 15.4. The zero-order valence-electron chi connectivity index (χ0n) is 11.6. The van der Waals surface area contributed by atoms with Crippen molar-refractivity contribution in [3.63, 3.8) is 0 Å². The summed E-state index contributed by atoms with van der Waals surface area (Å²) in [6.45, 7) is 1.59. The Hall–Kier alpha value is -1.19. The summed E-state index contributed by atoms with van der Waals surface area (Å²) >= 11 is 0.